The number of benzene rings is 1. The number of esters is 1. The second kappa shape index (κ2) is 24.7. The van der Waals surface area contributed by atoms with E-state index >= 15 is 0 Å². The van der Waals surface area contributed by atoms with Crippen molar-refractivity contribution < 1.29 is 114 Å². The average Bonchev–Trinajstić information content (AvgIpc) is 3.26. The molecule has 25 heteroatoms. The molecule has 0 saturated carbocycles. The largest absolute Gasteiger partial charge is 0.508 e. The Labute approximate surface area is 372 Å². The highest BCUT2D eigenvalue weighted by Crippen LogP contribution is 2.38. The van der Waals surface area contributed by atoms with Crippen LogP contribution < -0.4 is 10.6 Å². The third-order valence-corrected chi connectivity index (χ3v) is 11.2. The number of carboxylic acid groups (broad SMARTS) is 1. The number of hydrogen-bond acceptors (Lipinski definition) is 22. The number of aliphatic hydroxyl groups excluding tert-OH is 9. The number of methoxy groups -OCH3 is 1. The van der Waals surface area contributed by atoms with Gasteiger partial charge in [-0.1, -0.05) is 25.7 Å². The third kappa shape index (κ3) is 13.8. The normalized spacial score (nSPS) is 33.7. The number of aliphatic carboxylic acids is 1. The summed E-state index contributed by atoms with van der Waals surface area (Å²) in [6.07, 6.45) is -21.8. The molecule has 370 valence electrons. The van der Waals surface area contributed by atoms with Crippen LogP contribution in [0.3, 0.4) is 0 Å². The first-order valence-electron chi connectivity index (χ1n) is 21.1. The fraction of sp³-hybridized carbons (Fsp3) is 0.750. The molecule has 0 radical (unpaired) electrons. The first-order chi connectivity index (χ1) is 30.8. The SMILES string of the molecule is COC(=O)CCCCCCCCO[C@@H]1OC(CO)[C@H](OC2OC(CO)[C@@H](O)C(O[C@]3(C(=O)O)CC(O)[C@@H](NC(C)=O)C(C(O)C(O)CO)O3)C2O)C(O)C1NC(=O)c1cc(O)cc(O)c1. The van der Waals surface area contributed by atoms with Crippen molar-refractivity contribution in [2.24, 2.45) is 0 Å². The van der Waals surface area contributed by atoms with E-state index in [1.54, 1.807) is 0 Å². The zero-order chi connectivity index (χ0) is 48.2. The molecule has 3 heterocycles. The average molecular weight is 939 g/mol. The predicted molar refractivity (Wildman–Crippen MR) is 213 cm³/mol. The van der Waals surface area contributed by atoms with Gasteiger partial charge in [0.15, 0.2) is 12.6 Å². The van der Waals surface area contributed by atoms with Crippen LogP contribution in [0.15, 0.2) is 18.2 Å². The van der Waals surface area contributed by atoms with Crippen LogP contribution in [0.1, 0.15) is 68.6 Å². The van der Waals surface area contributed by atoms with Crippen molar-refractivity contribution in [1.29, 1.82) is 0 Å². The number of carbonyl (C=O) groups excluding carboxylic acids is 3. The monoisotopic (exact) mass is 938 g/mol. The van der Waals surface area contributed by atoms with Crippen LogP contribution in [0.25, 0.3) is 0 Å². The molecule has 0 bridgehead atoms. The van der Waals surface area contributed by atoms with Gasteiger partial charge in [0.05, 0.1) is 39.1 Å². The van der Waals surface area contributed by atoms with Crippen LogP contribution in [0.5, 0.6) is 11.5 Å². The highest BCUT2D eigenvalue weighted by molar-refractivity contribution is 5.95. The molecule has 0 spiro atoms. The predicted octanol–water partition coefficient (Wildman–Crippen LogP) is -4.45. The number of phenolic OH excluding ortho intramolecular Hbond substituents is 2. The summed E-state index contributed by atoms with van der Waals surface area (Å²) < 4.78 is 39.4. The zero-order valence-corrected chi connectivity index (χ0v) is 35.7. The number of unbranched alkanes of at least 4 members (excludes halogenated alkanes) is 5. The van der Waals surface area contributed by atoms with E-state index < -0.39 is 153 Å². The molecule has 3 fully saturated rings. The number of carbonyl (C=O) groups is 4. The second-order valence-electron chi connectivity index (χ2n) is 16.0. The van der Waals surface area contributed by atoms with Gasteiger partial charge in [-0.15, -0.1) is 0 Å². The van der Waals surface area contributed by atoms with Gasteiger partial charge in [-0.25, -0.2) is 4.79 Å². The van der Waals surface area contributed by atoms with Crippen molar-refractivity contribution in [3.05, 3.63) is 23.8 Å². The molecule has 2 amide bonds. The molecule has 3 aliphatic heterocycles. The van der Waals surface area contributed by atoms with E-state index in [1.807, 2.05) is 0 Å². The van der Waals surface area contributed by atoms with Crippen molar-refractivity contribution in [2.75, 3.05) is 33.5 Å². The molecule has 0 aliphatic carbocycles. The minimum atomic E-state index is -3.10. The highest BCUT2D eigenvalue weighted by Gasteiger charge is 2.60. The quantitative estimate of drug-likeness (QED) is 0.0363. The Hall–Kier alpha value is -3.90. The lowest BCUT2D eigenvalue weighted by Crippen LogP contribution is -2.71. The van der Waals surface area contributed by atoms with E-state index in [4.69, 9.17) is 28.4 Å². The maximum atomic E-state index is 13.5. The van der Waals surface area contributed by atoms with E-state index in [1.165, 1.54) is 7.11 Å². The summed E-state index contributed by atoms with van der Waals surface area (Å²) in [7, 11) is 1.31. The van der Waals surface area contributed by atoms with Gasteiger partial charge in [0, 0.05) is 38.0 Å². The standard InChI is InChI=1S/C40H62N2O23/c1-18(46)41-27-22(49)14-40(39(57)58,64-34(27)29(52)23(50)15-43)65-35-30(53)24(16-44)61-38(32(35)55)63-33-25(17-45)62-37(60-10-8-6-4-3-5-7-9-26(51)59-2)28(31(33)54)42-36(56)19-11-20(47)13-21(48)12-19/h11-13,22-25,27-35,37-38,43-45,47-50,52-55H,3-10,14-17H2,1-2H3,(H,41,46)(H,42,56)(H,57,58)/t22?,23?,24?,25?,27-,28?,29?,30-,31?,32?,33+,34?,35?,37-,38?,40+/m1/s1. The highest BCUT2D eigenvalue weighted by atomic mass is 16.8. The summed E-state index contributed by atoms with van der Waals surface area (Å²) in [6.45, 7) is -1.95. The number of phenols is 2. The van der Waals surface area contributed by atoms with E-state index in [-0.39, 0.29) is 18.1 Å². The van der Waals surface area contributed by atoms with Crippen molar-refractivity contribution in [3.63, 3.8) is 0 Å². The molecule has 0 aromatic heterocycles. The maximum Gasteiger partial charge on any atom is 0.364 e. The first kappa shape index (κ1) is 53.7. The van der Waals surface area contributed by atoms with Gasteiger partial charge in [0.2, 0.25) is 5.91 Å². The summed E-state index contributed by atoms with van der Waals surface area (Å²) in [5.74, 6) is -8.09. The number of carboxylic acids is 1. The van der Waals surface area contributed by atoms with Crippen molar-refractivity contribution in [1.82, 2.24) is 10.6 Å². The maximum absolute atomic E-state index is 13.5. The lowest BCUT2D eigenvalue weighted by molar-refractivity contribution is -0.382. The second-order valence-corrected chi connectivity index (χ2v) is 16.0. The van der Waals surface area contributed by atoms with Crippen LogP contribution in [0, 0.1) is 0 Å². The molecular formula is C40H62N2O23. The van der Waals surface area contributed by atoms with Gasteiger partial charge >= 0.3 is 11.9 Å². The number of aliphatic hydroxyl groups is 9. The molecule has 4 rings (SSSR count). The van der Waals surface area contributed by atoms with E-state index in [0.29, 0.717) is 25.7 Å². The summed E-state index contributed by atoms with van der Waals surface area (Å²) in [6, 6.07) is -0.165. The van der Waals surface area contributed by atoms with Gasteiger partial charge < -0.3 is 105 Å². The molecule has 1 aromatic rings. The van der Waals surface area contributed by atoms with Crippen molar-refractivity contribution in [2.45, 2.75) is 156 Å². The Kier molecular flexibility index (Phi) is 20.4. The van der Waals surface area contributed by atoms with Crippen LogP contribution >= 0.6 is 0 Å². The van der Waals surface area contributed by atoms with Crippen molar-refractivity contribution in [3.8, 4) is 11.5 Å². The molecular weight excluding hydrogens is 876 g/mol. The van der Waals surface area contributed by atoms with Crippen molar-refractivity contribution >= 4 is 23.8 Å². The molecule has 3 aliphatic rings. The third-order valence-electron chi connectivity index (χ3n) is 11.2. The Morgan fingerprint density at radius 3 is 2.00 bits per heavy atom. The van der Waals surface area contributed by atoms with Crippen LogP contribution in [-0.2, 0) is 47.5 Å². The van der Waals surface area contributed by atoms with E-state index in [0.717, 1.165) is 44.4 Å². The summed E-state index contributed by atoms with van der Waals surface area (Å²) in [5, 5.41) is 132. The molecule has 11 unspecified atom stereocenters. The van der Waals surface area contributed by atoms with Crippen LogP contribution in [0.2, 0.25) is 0 Å². The van der Waals surface area contributed by atoms with Crippen LogP contribution in [-0.4, -0.2) is 216 Å². The van der Waals surface area contributed by atoms with Gasteiger partial charge in [-0.2, -0.15) is 0 Å². The minimum absolute atomic E-state index is 0.0204. The smallest absolute Gasteiger partial charge is 0.364 e. The summed E-state index contributed by atoms with van der Waals surface area (Å²) >= 11 is 0. The summed E-state index contributed by atoms with van der Waals surface area (Å²) in [4.78, 5) is 49.7. The summed E-state index contributed by atoms with van der Waals surface area (Å²) in [5.41, 5.74) is -0.264. The lowest BCUT2D eigenvalue weighted by Gasteiger charge is -2.51. The van der Waals surface area contributed by atoms with Gasteiger partial charge in [-0.05, 0) is 25.0 Å². The number of amides is 2. The fourth-order valence-electron chi connectivity index (χ4n) is 7.80. The molecule has 65 heavy (non-hydrogen) atoms. The number of aromatic hydroxyl groups is 2. The molecule has 3 saturated heterocycles. The zero-order valence-electron chi connectivity index (χ0n) is 35.7. The Morgan fingerprint density at radius 1 is 0.800 bits per heavy atom. The molecule has 25 nitrogen and oxygen atoms in total. The Morgan fingerprint density at radius 2 is 1.42 bits per heavy atom. The minimum Gasteiger partial charge on any atom is -0.508 e. The number of rotatable bonds is 23. The lowest BCUT2D eigenvalue weighted by atomic mass is 9.88. The Balaban J connectivity index is 1.58. The molecule has 16 atom stereocenters. The van der Waals surface area contributed by atoms with Crippen LogP contribution in [0.4, 0.5) is 0 Å². The first-order valence-corrected chi connectivity index (χ1v) is 21.1. The molecule has 14 N–H and O–H groups in total. The molecule has 1 aromatic carbocycles. The van der Waals surface area contributed by atoms with E-state index in [2.05, 4.69) is 15.4 Å². The van der Waals surface area contributed by atoms with Gasteiger partial charge in [0.25, 0.3) is 11.7 Å². The number of nitrogens with one attached hydrogen (secondary N) is 2. The van der Waals surface area contributed by atoms with Gasteiger partial charge in [-0.3, -0.25) is 14.4 Å². The fourth-order valence-corrected chi connectivity index (χ4v) is 7.80. The number of ether oxygens (including phenoxy) is 7. The topological polar surface area (TPSA) is 400 Å². The Bertz CT molecular complexity index is 1690. The number of hydrogen-bond donors (Lipinski definition) is 14. The van der Waals surface area contributed by atoms with Gasteiger partial charge in [0.1, 0.15) is 78.6 Å². The van der Waals surface area contributed by atoms with E-state index in [9.17, 15) is 80.5 Å².